The van der Waals surface area contributed by atoms with Crippen LogP contribution in [-0.4, -0.2) is 51.6 Å². The lowest BCUT2D eigenvalue weighted by molar-refractivity contribution is 0.0303. The molecule has 110 valence electrons. The van der Waals surface area contributed by atoms with Crippen LogP contribution in [0.25, 0.3) is 0 Å². The first-order valence-electron chi connectivity index (χ1n) is 6.54. The lowest BCUT2D eigenvalue weighted by atomic mass is 10.3. The van der Waals surface area contributed by atoms with Gasteiger partial charge in [-0.3, -0.25) is 4.79 Å². The molecule has 1 aromatic heterocycles. The highest BCUT2D eigenvalue weighted by Gasteiger charge is 2.29. The molecule has 0 atom stereocenters. The molecule has 1 aliphatic carbocycles. The SMILES string of the molecule is O=C(c1csc(S(=O)(=O)NC2CC2)c1)N1CCOCC1. The summed E-state index contributed by atoms with van der Waals surface area (Å²) in [5.41, 5.74) is 0.438. The zero-order chi connectivity index (χ0) is 14.2. The predicted octanol–water partition coefficient (Wildman–Crippen LogP) is 0.661. The second-order valence-corrected chi connectivity index (χ2v) is 7.81. The highest BCUT2D eigenvalue weighted by atomic mass is 32.2. The normalized spacial score (nSPS) is 20.1. The molecule has 2 aliphatic rings. The van der Waals surface area contributed by atoms with Gasteiger partial charge in [0.25, 0.3) is 5.91 Å². The van der Waals surface area contributed by atoms with Crippen molar-refractivity contribution in [2.24, 2.45) is 0 Å². The number of rotatable bonds is 4. The zero-order valence-electron chi connectivity index (χ0n) is 10.9. The maximum Gasteiger partial charge on any atom is 0.254 e. The van der Waals surface area contributed by atoms with Gasteiger partial charge in [0.05, 0.1) is 18.8 Å². The molecule has 1 aliphatic heterocycles. The number of amides is 1. The summed E-state index contributed by atoms with van der Waals surface area (Å²) >= 11 is 1.09. The van der Waals surface area contributed by atoms with Gasteiger partial charge in [-0.2, -0.15) is 0 Å². The van der Waals surface area contributed by atoms with E-state index < -0.39 is 10.0 Å². The summed E-state index contributed by atoms with van der Waals surface area (Å²) in [4.78, 5) is 13.9. The smallest absolute Gasteiger partial charge is 0.254 e. The van der Waals surface area contributed by atoms with Crippen molar-refractivity contribution in [1.29, 1.82) is 0 Å². The van der Waals surface area contributed by atoms with Gasteiger partial charge in [0.15, 0.2) is 0 Å². The monoisotopic (exact) mass is 316 g/mol. The van der Waals surface area contributed by atoms with Crippen LogP contribution >= 0.6 is 11.3 Å². The van der Waals surface area contributed by atoms with E-state index in [0.29, 0.717) is 31.9 Å². The first-order chi connectivity index (χ1) is 9.56. The van der Waals surface area contributed by atoms with E-state index in [2.05, 4.69) is 4.72 Å². The second kappa shape index (κ2) is 5.44. The Balaban J connectivity index is 1.73. The Morgan fingerprint density at radius 1 is 1.35 bits per heavy atom. The molecule has 0 radical (unpaired) electrons. The molecule has 2 fully saturated rings. The van der Waals surface area contributed by atoms with Gasteiger partial charge in [0, 0.05) is 24.5 Å². The van der Waals surface area contributed by atoms with Crippen molar-refractivity contribution in [3.63, 3.8) is 0 Å². The van der Waals surface area contributed by atoms with Crippen molar-refractivity contribution < 1.29 is 17.9 Å². The summed E-state index contributed by atoms with van der Waals surface area (Å²) in [6.45, 7) is 2.17. The Bertz CT molecular complexity index is 601. The van der Waals surface area contributed by atoms with E-state index in [0.717, 1.165) is 24.2 Å². The number of ether oxygens (including phenoxy) is 1. The number of hydrogen-bond donors (Lipinski definition) is 1. The molecule has 1 saturated carbocycles. The molecule has 3 rings (SSSR count). The molecular weight excluding hydrogens is 300 g/mol. The minimum atomic E-state index is -3.47. The van der Waals surface area contributed by atoms with Gasteiger partial charge in [-0.15, -0.1) is 11.3 Å². The van der Waals surface area contributed by atoms with Crippen molar-refractivity contribution >= 4 is 27.3 Å². The van der Waals surface area contributed by atoms with E-state index in [1.54, 1.807) is 10.3 Å². The minimum absolute atomic E-state index is 0.0699. The van der Waals surface area contributed by atoms with E-state index in [1.807, 2.05) is 0 Å². The highest BCUT2D eigenvalue weighted by molar-refractivity contribution is 7.91. The number of carbonyl (C=O) groups excluding carboxylic acids is 1. The molecule has 1 saturated heterocycles. The maximum atomic E-state index is 12.2. The van der Waals surface area contributed by atoms with Gasteiger partial charge < -0.3 is 9.64 Å². The molecule has 1 N–H and O–H groups in total. The largest absolute Gasteiger partial charge is 0.378 e. The fourth-order valence-electron chi connectivity index (χ4n) is 2.00. The van der Waals surface area contributed by atoms with Crippen molar-refractivity contribution in [3.8, 4) is 0 Å². The van der Waals surface area contributed by atoms with Gasteiger partial charge in [0.1, 0.15) is 4.21 Å². The summed E-state index contributed by atoms with van der Waals surface area (Å²) in [6, 6.07) is 1.54. The molecule has 6 nitrogen and oxygen atoms in total. The van der Waals surface area contributed by atoms with E-state index >= 15 is 0 Å². The molecule has 8 heteroatoms. The van der Waals surface area contributed by atoms with E-state index in [4.69, 9.17) is 4.74 Å². The maximum absolute atomic E-state index is 12.2. The van der Waals surface area contributed by atoms with Crippen LogP contribution < -0.4 is 4.72 Å². The van der Waals surface area contributed by atoms with Crippen molar-refractivity contribution in [1.82, 2.24) is 9.62 Å². The van der Waals surface area contributed by atoms with Crippen LogP contribution in [-0.2, 0) is 14.8 Å². The van der Waals surface area contributed by atoms with Crippen LogP contribution in [0.2, 0.25) is 0 Å². The van der Waals surface area contributed by atoms with Crippen LogP contribution in [0.1, 0.15) is 23.2 Å². The first kappa shape index (κ1) is 14.0. The number of nitrogens with zero attached hydrogens (tertiary/aromatic N) is 1. The van der Waals surface area contributed by atoms with Crippen LogP contribution in [0.5, 0.6) is 0 Å². The fourth-order valence-corrected chi connectivity index (χ4v) is 4.47. The van der Waals surface area contributed by atoms with Gasteiger partial charge in [-0.25, -0.2) is 13.1 Å². The molecule has 0 bridgehead atoms. The van der Waals surface area contributed by atoms with Crippen molar-refractivity contribution in [3.05, 3.63) is 17.0 Å². The summed E-state index contributed by atoms with van der Waals surface area (Å²) in [5, 5.41) is 1.61. The standard InChI is InChI=1S/C12H16N2O4S2/c15-12(14-3-5-18-6-4-14)9-7-11(19-8-9)20(16,17)13-10-1-2-10/h7-8,10,13H,1-6H2. The first-order valence-corrected chi connectivity index (χ1v) is 8.90. The number of hydrogen-bond acceptors (Lipinski definition) is 5. The molecule has 0 unspecified atom stereocenters. The van der Waals surface area contributed by atoms with Crippen LogP contribution in [0.15, 0.2) is 15.7 Å². The lowest BCUT2D eigenvalue weighted by Crippen LogP contribution is -2.40. The summed E-state index contributed by atoms with van der Waals surface area (Å²) in [5.74, 6) is -0.127. The van der Waals surface area contributed by atoms with Crippen LogP contribution in [0, 0.1) is 0 Å². The lowest BCUT2D eigenvalue weighted by Gasteiger charge is -2.26. The Kier molecular flexibility index (Phi) is 3.80. The zero-order valence-corrected chi connectivity index (χ0v) is 12.5. The van der Waals surface area contributed by atoms with Crippen LogP contribution in [0.4, 0.5) is 0 Å². The van der Waals surface area contributed by atoms with Gasteiger partial charge >= 0.3 is 0 Å². The molecule has 1 aromatic rings. The number of sulfonamides is 1. The third kappa shape index (κ3) is 3.03. The van der Waals surface area contributed by atoms with Gasteiger partial charge in [-0.05, 0) is 18.9 Å². The second-order valence-electron chi connectivity index (χ2n) is 4.95. The molecule has 0 aromatic carbocycles. The quantitative estimate of drug-likeness (QED) is 0.885. The van der Waals surface area contributed by atoms with Gasteiger partial charge in [0.2, 0.25) is 10.0 Å². The Morgan fingerprint density at radius 2 is 2.05 bits per heavy atom. The Hall–Kier alpha value is -0.960. The number of nitrogens with one attached hydrogen (secondary N) is 1. The average Bonchev–Trinajstić information content (AvgIpc) is 3.09. The van der Waals surface area contributed by atoms with Gasteiger partial charge in [-0.1, -0.05) is 0 Å². The number of morpholine rings is 1. The minimum Gasteiger partial charge on any atom is -0.378 e. The van der Waals surface area contributed by atoms with E-state index in [1.165, 1.54) is 6.07 Å². The molecule has 2 heterocycles. The molecular formula is C12H16N2O4S2. The average molecular weight is 316 g/mol. The molecule has 20 heavy (non-hydrogen) atoms. The Morgan fingerprint density at radius 3 is 2.70 bits per heavy atom. The van der Waals surface area contributed by atoms with E-state index in [-0.39, 0.29) is 16.2 Å². The predicted molar refractivity (Wildman–Crippen MR) is 74.4 cm³/mol. The summed E-state index contributed by atoms with van der Waals surface area (Å²) < 4.78 is 32.1. The van der Waals surface area contributed by atoms with Crippen molar-refractivity contribution in [2.75, 3.05) is 26.3 Å². The third-order valence-corrected chi connectivity index (χ3v) is 6.24. The number of thiophene rings is 1. The van der Waals surface area contributed by atoms with Crippen LogP contribution in [0.3, 0.4) is 0 Å². The van der Waals surface area contributed by atoms with Crippen molar-refractivity contribution in [2.45, 2.75) is 23.1 Å². The number of carbonyl (C=O) groups is 1. The molecule has 0 spiro atoms. The molecule has 1 amide bonds. The third-order valence-electron chi connectivity index (χ3n) is 3.28. The summed E-state index contributed by atoms with van der Waals surface area (Å²) in [7, 11) is -3.47. The fraction of sp³-hybridized carbons (Fsp3) is 0.583. The van der Waals surface area contributed by atoms with E-state index in [9.17, 15) is 13.2 Å². The summed E-state index contributed by atoms with van der Waals surface area (Å²) in [6.07, 6.45) is 1.79. The Labute approximate surface area is 121 Å². The highest BCUT2D eigenvalue weighted by Crippen LogP contribution is 2.26. The topological polar surface area (TPSA) is 75.7 Å².